The Hall–Kier alpha value is -0.980. The molecule has 88 valence electrons. The van der Waals surface area contributed by atoms with Gasteiger partial charge in [-0.2, -0.15) is 0 Å². The molecular weight excluding hydrogens is 315 g/mol. The summed E-state index contributed by atoms with van der Waals surface area (Å²) >= 11 is 0. The molecule has 0 spiro atoms. The fourth-order valence-corrected chi connectivity index (χ4v) is 1.61. The molecule has 4 nitrogen and oxygen atoms in total. The molecule has 0 fully saturated rings. The van der Waals surface area contributed by atoms with Gasteiger partial charge in [0.1, 0.15) is 5.84 Å². The second-order valence-electron chi connectivity index (χ2n) is 3.71. The number of hydrogen-bond donors (Lipinski definition) is 3. The summed E-state index contributed by atoms with van der Waals surface area (Å²) in [5.41, 5.74) is 13.7. The largest absolute Gasteiger partial charge is 0.397 e. The Morgan fingerprint density at radius 2 is 1.94 bits per heavy atom. The van der Waals surface area contributed by atoms with Crippen molar-refractivity contribution >= 4 is 41.2 Å². The van der Waals surface area contributed by atoms with Gasteiger partial charge in [0, 0.05) is 18.7 Å². The third-order valence-corrected chi connectivity index (χ3v) is 2.51. The maximum absolute atomic E-state index is 5.76. The molecule has 1 aliphatic heterocycles. The number of nitrogens with one attached hydrogen (secondary N) is 1. The molecule has 16 heavy (non-hydrogen) atoms. The Bertz CT molecular complexity index is 390. The number of nitrogens with two attached hydrogens (primary N) is 2. The normalized spacial score (nSPS) is 15.4. The first-order chi connectivity index (χ1) is 7.27. The van der Waals surface area contributed by atoms with E-state index in [1.54, 1.807) is 0 Å². The summed E-state index contributed by atoms with van der Waals surface area (Å²) in [6.07, 6.45) is 2.30. The Kier molecular flexibility index (Phi) is 4.85. The van der Waals surface area contributed by atoms with Crippen molar-refractivity contribution in [2.24, 2.45) is 4.99 Å². The quantitative estimate of drug-likeness (QED) is 0.540. The average molecular weight is 332 g/mol. The van der Waals surface area contributed by atoms with Crippen LogP contribution in [-0.4, -0.2) is 18.9 Å². The Balaban J connectivity index is 0.00000128. The first-order valence-electron chi connectivity index (χ1n) is 5.21. The maximum Gasteiger partial charge on any atom is 0.128 e. The number of hydrogen-bond acceptors (Lipinski definition) is 4. The average Bonchev–Trinajstić information content (AvgIpc) is 2.50. The molecule has 1 aromatic carbocycles. The highest BCUT2D eigenvalue weighted by molar-refractivity contribution is 14.0. The van der Waals surface area contributed by atoms with E-state index in [1.807, 2.05) is 18.2 Å². The van der Waals surface area contributed by atoms with Crippen LogP contribution in [0.3, 0.4) is 0 Å². The summed E-state index contributed by atoms with van der Waals surface area (Å²) in [5.74, 6) is 0.930. The number of benzene rings is 1. The number of amidine groups is 1. The molecule has 0 atom stereocenters. The zero-order valence-corrected chi connectivity index (χ0v) is 11.4. The van der Waals surface area contributed by atoms with E-state index < -0.39 is 0 Å². The second-order valence-corrected chi connectivity index (χ2v) is 3.71. The number of rotatable bonds is 1. The summed E-state index contributed by atoms with van der Waals surface area (Å²) in [7, 11) is 0. The smallest absolute Gasteiger partial charge is 0.128 e. The van der Waals surface area contributed by atoms with Gasteiger partial charge < -0.3 is 16.8 Å². The van der Waals surface area contributed by atoms with Crippen LogP contribution in [0.4, 0.5) is 11.4 Å². The lowest BCUT2D eigenvalue weighted by Gasteiger charge is -2.08. The molecule has 0 unspecified atom stereocenters. The van der Waals surface area contributed by atoms with Crippen molar-refractivity contribution in [3.05, 3.63) is 23.8 Å². The molecule has 2 rings (SSSR count). The van der Waals surface area contributed by atoms with Crippen molar-refractivity contribution in [2.75, 3.05) is 24.6 Å². The molecule has 0 aliphatic carbocycles. The molecule has 1 aliphatic rings. The molecule has 0 saturated heterocycles. The van der Waals surface area contributed by atoms with Crippen LogP contribution in [-0.2, 0) is 0 Å². The topological polar surface area (TPSA) is 76.4 Å². The minimum absolute atomic E-state index is 0. The summed E-state index contributed by atoms with van der Waals surface area (Å²) in [6, 6.07) is 5.63. The molecule has 5 heteroatoms. The van der Waals surface area contributed by atoms with E-state index in [9.17, 15) is 0 Å². The van der Waals surface area contributed by atoms with Crippen LogP contribution in [0.5, 0.6) is 0 Å². The van der Waals surface area contributed by atoms with Crippen molar-refractivity contribution < 1.29 is 0 Å². The van der Waals surface area contributed by atoms with E-state index in [-0.39, 0.29) is 24.0 Å². The Morgan fingerprint density at radius 3 is 2.69 bits per heavy atom. The van der Waals surface area contributed by atoms with Crippen molar-refractivity contribution in [3.63, 3.8) is 0 Å². The minimum Gasteiger partial charge on any atom is -0.397 e. The highest BCUT2D eigenvalue weighted by Crippen LogP contribution is 2.16. The van der Waals surface area contributed by atoms with Crippen LogP contribution < -0.4 is 16.8 Å². The van der Waals surface area contributed by atoms with Crippen LogP contribution >= 0.6 is 24.0 Å². The van der Waals surface area contributed by atoms with Crippen LogP contribution in [0.1, 0.15) is 18.4 Å². The van der Waals surface area contributed by atoms with Gasteiger partial charge in [0.2, 0.25) is 0 Å². The summed E-state index contributed by atoms with van der Waals surface area (Å²) in [5, 5.41) is 3.30. The highest BCUT2D eigenvalue weighted by atomic mass is 127. The number of nitrogen functional groups attached to an aromatic ring is 2. The molecular formula is C11H17IN4. The molecule has 1 aromatic rings. The van der Waals surface area contributed by atoms with Gasteiger partial charge in [0.05, 0.1) is 11.4 Å². The second kappa shape index (κ2) is 5.93. The van der Waals surface area contributed by atoms with E-state index in [0.717, 1.165) is 37.3 Å². The Morgan fingerprint density at radius 1 is 1.12 bits per heavy atom. The molecule has 5 N–H and O–H groups in total. The summed E-state index contributed by atoms with van der Waals surface area (Å²) in [4.78, 5) is 4.47. The molecule has 0 aromatic heterocycles. The SMILES string of the molecule is I.Nc1ccc(C2=NCCCCN2)cc1N. The van der Waals surface area contributed by atoms with Gasteiger partial charge in [-0.1, -0.05) is 0 Å². The summed E-state index contributed by atoms with van der Waals surface area (Å²) < 4.78 is 0. The van der Waals surface area contributed by atoms with Gasteiger partial charge in [0.25, 0.3) is 0 Å². The first kappa shape index (κ1) is 13.1. The molecule has 0 bridgehead atoms. The lowest BCUT2D eigenvalue weighted by molar-refractivity contribution is 0.749. The minimum atomic E-state index is 0. The van der Waals surface area contributed by atoms with Crippen LogP contribution in [0.25, 0.3) is 0 Å². The number of aliphatic imine (C=N–C) groups is 1. The van der Waals surface area contributed by atoms with Crippen molar-refractivity contribution in [2.45, 2.75) is 12.8 Å². The zero-order chi connectivity index (χ0) is 10.7. The Labute approximate surface area is 113 Å². The first-order valence-corrected chi connectivity index (χ1v) is 5.21. The molecule has 0 saturated carbocycles. The predicted octanol–water partition coefficient (Wildman–Crippen LogP) is 1.60. The monoisotopic (exact) mass is 332 g/mol. The van der Waals surface area contributed by atoms with Crippen molar-refractivity contribution in [1.82, 2.24) is 5.32 Å². The zero-order valence-electron chi connectivity index (χ0n) is 9.07. The van der Waals surface area contributed by atoms with Gasteiger partial charge in [-0.25, -0.2) is 0 Å². The van der Waals surface area contributed by atoms with E-state index in [0.29, 0.717) is 11.4 Å². The highest BCUT2D eigenvalue weighted by Gasteiger charge is 2.06. The third-order valence-electron chi connectivity index (χ3n) is 2.51. The molecule has 0 radical (unpaired) electrons. The van der Waals surface area contributed by atoms with Crippen molar-refractivity contribution in [1.29, 1.82) is 0 Å². The van der Waals surface area contributed by atoms with E-state index in [1.165, 1.54) is 0 Å². The maximum atomic E-state index is 5.76. The van der Waals surface area contributed by atoms with Crippen LogP contribution in [0.15, 0.2) is 23.2 Å². The number of halogens is 1. The standard InChI is InChI=1S/C11H16N4.HI/c12-9-4-3-8(7-10(9)13)11-14-5-1-2-6-15-11;/h3-4,7H,1-2,5-6,12-13H2,(H,14,15);1H. The molecule has 1 heterocycles. The third kappa shape index (κ3) is 3.01. The van der Waals surface area contributed by atoms with Gasteiger partial charge in [0.15, 0.2) is 0 Å². The van der Waals surface area contributed by atoms with E-state index >= 15 is 0 Å². The fraction of sp³-hybridized carbons (Fsp3) is 0.364. The van der Waals surface area contributed by atoms with Crippen LogP contribution in [0.2, 0.25) is 0 Å². The van der Waals surface area contributed by atoms with Gasteiger partial charge in [-0.3, -0.25) is 4.99 Å². The number of nitrogens with zero attached hydrogens (tertiary/aromatic N) is 1. The van der Waals surface area contributed by atoms with E-state index in [4.69, 9.17) is 11.5 Å². The lowest BCUT2D eigenvalue weighted by Crippen LogP contribution is -2.24. The lowest BCUT2D eigenvalue weighted by atomic mass is 10.1. The molecule has 0 amide bonds. The fourth-order valence-electron chi connectivity index (χ4n) is 1.61. The van der Waals surface area contributed by atoms with E-state index in [2.05, 4.69) is 10.3 Å². The van der Waals surface area contributed by atoms with Crippen LogP contribution in [0, 0.1) is 0 Å². The predicted molar refractivity (Wildman–Crippen MR) is 79.3 cm³/mol. The summed E-state index contributed by atoms with van der Waals surface area (Å²) in [6.45, 7) is 1.86. The van der Waals surface area contributed by atoms with Crippen molar-refractivity contribution in [3.8, 4) is 0 Å². The van der Waals surface area contributed by atoms with Gasteiger partial charge in [-0.15, -0.1) is 24.0 Å². The van der Waals surface area contributed by atoms with Gasteiger partial charge in [-0.05, 0) is 31.0 Å². The van der Waals surface area contributed by atoms with Gasteiger partial charge >= 0.3 is 0 Å². The number of anilines is 2.